The molecule has 1 aliphatic rings. The first-order chi connectivity index (χ1) is 12.5. The average molecular weight is 357 g/mol. The number of ether oxygens (including phenoxy) is 1. The van der Waals surface area contributed by atoms with Gasteiger partial charge in [0.2, 0.25) is 0 Å². The summed E-state index contributed by atoms with van der Waals surface area (Å²) in [4.78, 5) is 13.4. The summed E-state index contributed by atoms with van der Waals surface area (Å²) in [6.45, 7) is 7.61. The zero-order chi connectivity index (χ0) is 18.5. The van der Waals surface area contributed by atoms with E-state index in [0.29, 0.717) is 12.5 Å². The fourth-order valence-electron chi connectivity index (χ4n) is 3.62. The predicted octanol–water partition coefficient (Wildman–Crippen LogP) is 2.84. The van der Waals surface area contributed by atoms with Crippen molar-refractivity contribution in [2.45, 2.75) is 39.2 Å². The van der Waals surface area contributed by atoms with Crippen molar-refractivity contribution in [3.63, 3.8) is 0 Å². The van der Waals surface area contributed by atoms with Crippen LogP contribution < -0.4 is 4.74 Å². The van der Waals surface area contributed by atoms with Gasteiger partial charge in [0, 0.05) is 30.9 Å². The summed E-state index contributed by atoms with van der Waals surface area (Å²) in [6, 6.07) is 8.09. The number of rotatable bonds is 7. The molecule has 26 heavy (non-hydrogen) atoms. The Morgan fingerprint density at radius 1 is 1.35 bits per heavy atom. The van der Waals surface area contributed by atoms with E-state index in [0.717, 1.165) is 43.9 Å². The van der Waals surface area contributed by atoms with Crippen molar-refractivity contribution in [3.05, 3.63) is 47.3 Å². The van der Waals surface area contributed by atoms with Gasteiger partial charge in [0.15, 0.2) is 0 Å². The largest absolute Gasteiger partial charge is 0.492 e. The van der Waals surface area contributed by atoms with Gasteiger partial charge in [-0.25, -0.2) is 0 Å². The molecule has 6 nitrogen and oxygen atoms in total. The van der Waals surface area contributed by atoms with Crippen LogP contribution in [0.15, 0.2) is 30.5 Å². The van der Waals surface area contributed by atoms with E-state index >= 15 is 0 Å². The summed E-state index contributed by atoms with van der Waals surface area (Å²) >= 11 is 0. The van der Waals surface area contributed by atoms with E-state index in [4.69, 9.17) is 9.84 Å². The highest BCUT2D eigenvalue weighted by Crippen LogP contribution is 2.27. The number of hydrogen-bond acceptors (Lipinski definition) is 4. The zero-order valence-corrected chi connectivity index (χ0v) is 15.5. The van der Waals surface area contributed by atoms with Crippen LogP contribution in [-0.2, 0) is 11.3 Å². The van der Waals surface area contributed by atoms with Crippen LogP contribution in [0.4, 0.5) is 0 Å². The second-order valence-electron chi connectivity index (χ2n) is 6.99. The Hall–Kier alpha value is -2.34. The third kappa shape index (κ3) is 4.43. The monoisotopic (exact) mass is 357 g/mol. The van der Waals surface area contributed by atoms with E-state index in [9.17, 15) is 4.79 Å². The van der Waals surface area contributed by atoms with Gasteiger partial charge in [0.05, 0.1) is 0 Å². The maximum absolute atomic E-state index is 11.0. The van der Waals surface area contributed by atoms with Crippen LogP contribution in [0.25, 0.3) is 0 Å². The van der Waals surface area contributed by atoms with Crippen LogP contribution in [0.1, 0.15) is 35.6 Å². The van der Waals surface area contributed by atoms with E-state index in [1.807, 2.05) is 18.2 Å². The van der Waals surface area contributed by atoms with Gasteiger partial charge in [-0.05, 0) is 56.5 Å². The Labute approximate surface area is 154 Å². The molecule has 0 aliphatic carbocycles. The van der Waals surface area contributed by atoms with Crippen LogP contribution in [-0.4, -0.2) is 52.0 Å². The fraction of sp³-hybridized carbons (Fsp3) is 0.500. The van der Waals surface area contributed by atoms with Gasteiger partial charge in [-0.3, -0.25) is 14.4 Å². The molecule has 1 atom stereocenters. The molecule has 140 valence electrons. The number of aromatic nitrogens is 2. The predicted molar refractivity (Wildman–Crippen MR) is 99.7 cm³/mol. The Kier molecular flexibility index (Phi) is 5.93. The number of likely N-dealkylation sites (tertiary alicyclic amines) is 1. The number of piperidine rings is 1. The maximum Gasteiger partial charge on any atom is 0.325 e. The average Bonchev–Trinajstić information content (AvgIpc) is 3.06. The van der Waals surface area contributed by atoms with Crippen molar-refractivity contribution < 1.29 is 14.6 Å². The molecule has 1 aliphatic heterocycles. The highest BCUT2D eigenvalue weighted by molar-refractivity contribution is 5.66. The topological polar surface area (TPSA) is 67.6 Å². The van der Waals surface area contributed by atoms with Crippen LogP contribution in [0.5, 0.6) is 5.75 Å². The van der Waals surface area contributed by atoms with Gasteiger partial charge in [-0.1, -0.05) is 12.1 Å². The lowest BCUT2D eigenvalue weighted by Crippen LogP contribution is -2.37. The summed E-state index contributed by atoms with van der Waals surface area (Å²) < 4.78 is 7.60. The number of benzene rings is 1. The second kappa shape index (κ2) is 8.36. The fourth-order valence-corrected chi connectivity index (χ4v) is 3.62. The SMILES string of the molecule is Cc1cccc(OCCN2CCCC(c3ccnn3CC(=O)O)C2)c1C. The normalized spacial score (nSPS) is 18.0. The van der Waals surface area contributed by atoms with Gasteiger partial charge in [-0.2, -0.15) is 5.10 Å². The molecule has 1 aromatic carbocycles. The first kappa shape index (κ1) is 18.5. The van der Waals surface area contributed by atoms with Crippen LogP contribution in [0.2, 0.25) is 0 Å². The quantitative estimate of drug-likeness (QED) is 0.825. The molecule has 1 fully saturated rings. The highest BCUT2D eigenvalue weighted by Gasteiger charge is 2.24. The Bertz CT molecular complexity index is 757. The van der Waals surface area contributed by atoms with E-state index in [1.165, 1.54) is 11.1 Å². The van der Waals surface area contributed by atoms with E-state index < -0.39 is 5.97 Å². The number of carbonyl (C=O) groups is 1. The molecule has 0 saturated carbocycles. The number of carboxylic acid groups (broad SMARTS) is 1. The maximum atomic E-state index is 11.0. The van der Waals surface area contributed by atoms with Gasteiger partial charge in [-0.15, -0.1) is 0 Å². The van der Waals surface area contributed by atoms with E-state index in [-0.39, 0.29) is 6.54 Å². The minimum atomic E-state index is -0.857. The third-order valence-corrected chi connectivity index (χ3v) is 5.18. The minimum Gasteiger partial charge on any atom is -0.492 e. The second-order valence-corrected chi connectivity index (χ2v) is 6.99. The first-order valence-corrected chi connectivity index (χ1v) is 9.19. The van der Waals surface area contributed by atoms with E-state index in [1.54, 1.807) is 10.9 Å². The lowest BCUT2D eigenvalue weighted by atomic mass is 9.94. The number of aryl methyl sites for hydroxylation is 1. The lowest BCUT2D eigenvalue weighted by molar-refractivity contribution is -0.137. The summed E-state index contributed by atoms with van der Waals surface area (Å²) in [5.74, 6) is 0.425. The van der Waals surface area contributed by atoms with Crippen LogP contribution in [0, 0.1) is 13.8 Å². The molecular weight excluding hydrogens is 330 g/mol. The number of nitrogens with zero attached hydrogens (tertiary/aromatic N) is 3. The lowest BCUT2D eigenvalue weighted by Gasteiger charge is -2.32. The molecule has 0 bridgehead atoms. The van der Waals surface area contributed by atoms with Crippen molar-refractivity contribution in [3.8, 4) is 5.75 Å². The number of aliphatic carboxylic acids is 1. The van der Waals surface area contributed by atoms with Gasteiger partial charge < -0.3 is 9.84 Å². The number of hydrogen-bond donors (Lipinski definition) is 1. The molecule has 0 spiro atoms. The van der Waals surface area contributed by atoms with Gasteiger partial charge in [0.25, 0.3) is 0 Å². The minimum absolute atomic E-state index is 0.0748. The summed E-state index contributed by atoms with van der Waals surface area (Å²) in [6.07, 6.45) is 3.87. The molecule has 1 N–H and O–H groups in total. The third-order valence-electron chi connectivity index (χ3n) is 5.18. The molecule has 1 aromatic heterocycles. The van der Waals surface area contributed by atoms with E-state index in [2.05, 4.69) is 29.9 Å². The zero-order valence-electron chi connectivity index (χ0n) is 15.5. The molecule has 1 saturated heterocycles. The summed E-state index contributed by atoms with van der Waals surface area (Å²) in [5.41, 5.74) is 3.46. The molecule has 3 rings (SSSR count). The summed E-state index contributed by atoms with van der Waals surface area (Å²) in [5, 5.41) is 13.2. The molecule has 1 unspecified atom stereocenters. The molecular formula is C20H27N3O3. The van der Waals surface area contributed by atoms with Crippen molar-refractivity contribution in [1.82, 2.24) is 14.7 Å². The highest BCUT2D eigenvalue weighted by atomic mass is 16.5. The first-order valence-electron chi connectivity index (χ1n) is 9.19. The van der Waals surface area contributed by atoms with Crippen molar-refractivity contribution in [2.75, 3.05) is 26.2 Å². The molecule has 2 heterocycles. The number of carboxylic acids is 1. The van der Waals surface area contributed by atoms with Crippen molar-refractivity contribution >= 4 is 5.97 Å². The van der Waals surface area contributed by atoms with Gasteiger partial charge >= 0.3 is 5.97 Å². The molecule has 0 amide bonds. The smallest absolute Gasteiger partial charge is 0.325 e. The Balaban J connectivity index is 1.55. The van der Waals surface area contributed by atoms with Gasteiger partial charge in [0.1, 0.15) is 18.9 Å². The van der Waals surface area contributed by atoms with Crippen LogP contribution >= 0.6 is 0 Å². The molecule has 2 aromatic rings. The van der Waals surface area contributed by atoms with Crippen LogP contribution in [0.3, 0.4) is 0 Å². The van der Waals surface area contributed by atoms with Crippen molar-refractivity contribution in [2.24, 2.45) is 0 Å². The molecule has 0 radical (unpaired) electrons. The molecule has 6 heteroatoms. The summed E-state index contributed by atoms with van der Waals surface area (Å²) in [7, 11) is 0. The standard InChI is InChI=1S/C20H27N3O3/c1-15-5-3-7-19(16(15)2)26-12-11-22-10-4-6-17(13-22)18-8-9-21-23(18)14-20(24)25/h3,5,7-9,17H,4,6,10-14H2,1-2H3,(H,24,25). The Morgan fingerprint density at radius 3 is 3.00 bits per heavy atom. The van der Waals surface area contributed by atoms with Crippen molar-refractivity contribution in [1.29, 1.82) is 0 Å². The Morgan fingerprint density at radius 2 is 2.19 bits per heavy atom.